The molecule has 0 aliphatic heterocycles. The molecule has 2 N–H and O–H groups in total. The van der Waals surface area contributed by atoms with Crippen LogP contribution in [0.15, 0.2) is 34.8 Å². The molecule has 1 amide bonds. The van der Waals surface area contributed by atoms with E-state index in [-0.39, 0.29) is 5.91 Å². The Hall–Kier alpha value is -2.41. The quantitative estimate of drug-likeness (QED) is 0.515. The van der Waals surface area contributed by atoms with Crippen LogP contribution in [0.25, 0.3) is 0 Å². The van der Waals surface area contributed by atoms with E-state index in [1.807, 2.05) is 0 Å². The molecule has 0 saturated carbocycles. The number of nitrogens with one attached hydrogen (secondary N) is 1. The van der Waals surface area contributed by atoms with Crippen molar-refractivity contribution in [1.29, 1.82) is 0 Å². The number of hydrogen-bond acceptors (Lipinski definition) is 6. The molecule has 0 saturated heterocycles. The van der Waals surface area contributed by atoms with Crippen LogP contribution in [0.4, 0.5) is 5.13 Å². The Morgan fingerprint density at radius 2 is 2.20 bits per heavy atom. The number of aromatic nitrogens is 1. The molecular formula is C13H13N3O3S. The van der Waals surface area contributed by atoms with Crippen molar-refractivity contribution in [3.63, 3.8) is 0 Å². The molecule has 1 aromatic carbocycles. The monoisotopic (exact) mass is 291 g/mol. The summed E-state index contributed by atoms with van der Waals surface area (Å²) in [4.78, 5) is 16.3. The van der Waals surface area contributed by atoms with Gasteiger partial charge in [-0.1, -0.05) is 17.3 Å². The molecule has 6 nitrogen and oxygen atoms in total. The largest absolute Gasteiger partial charge is 0.496 e. The maximum atomic E-state index is 12.1. The summed E-state index contributed by atoms with van der Waals surface area (Å²) in [5, 5.41) is 16.6. The molecule has 0 radical (unpaired) electrons. The highest BCUT2D eigenvalue weighted by Gasteiger charge is 2.14. The fourth-order valence-electron chi connectivity index (χ4n) is 1.55. The lowest BCUT2D eigenvalue weighted by Crippen LogP contribution is -2.13. The SMILES string of the molecule is COc1ccccc1C(=O)Nc1nc(C(C)=NO)cs1. The van der Waals surface area contributed by atoms with Crippen LogP contribution in [0.3, 0.4) is 0 Å². The van der Waals surface area contributed by atoms with Gasteiger partial charge in [0.15, 0.2) is 5.13 Å². The summed E-state index contributed by atoms with van der Waals surface area (Å²) in [7, 11) is 1.51. The average molecular weight is 291 g/mol. The van der Waals surface area contributed by atoms with Gasteiger partial charge in [0.2, 0.25) is 0 Å². The first-order chi connectivity index (χ1) is 9.65. The maximum Gasteiger partial charge on any atom is 0.261 e. The molecule has 1 heterocycles. The van der Waals surface area contributed by atoms with Gasteiger partial charge >= 0.3 is 0 Å². The molecule has 0 atom stereocenters. The number of rotatable bonds is 4. The molecule has 0 bridgehead atoms. The Morgan fingerprint density at radius 1 is 1.45 bits per heavy atom. The van der Waals surface area contributed by atoms with Gasteiger partial charge in [0.1, 0.15) is 17.2 Å². The number of benzene rings is 1. The van der Waals surface area contributed by atoms with E-state index in [4.69, 9.17) is 9.94 Å². The lowest BCUT2D eigenvalue weighted by Gasteiger charge is -2.06. The van der Waals surface area contributed by atoms with Crippen molar-refractivity contribution in [1.82, 2.24) is 4.98 Å². The van der Waals surface area contributed by atoms with E-state index in [1.54, 1.807) is 36.6 Å². The number of ether oxygens (including phenoxy) is 1. The minimum atomic E-state index is -0.304. The summed E-state index contributed by atoms with van der Waals surface area (Å²) in [6.45, 7) is 1.63. The Bertz CT molecular complexity index is 652. The van der Waals surface area contributed by atoms with E-state index in [2.05, 4.69) is 15.5 Å². The van der Waals surface area contributed by atoms with Crippen molar-refractivity contribution in [2.24, 2.45) is 5.16 Å². The predicted molar refractivity (Wildman–Crippen MR) is 77.1 cm³/mol. The Labute approximate surface area is 119 Å². The van der Waals surface area contributed by atoms with E-state index in [9.17, 15) is 4.79 Å². The molecule has 7 heteroatoms. The molecule has 104 valence electrons. The van der Waals surface area contributed by atoms with Crippen LogP contribution >= 0.6 is 11.3 Å². The molecule has 1 aromatic heterocycles. The zero-order valence-corrected chi connectivity index (χ0v) is 11.8. The molecule has 0 unspecified atom stereocenters. The van der Waals surface area contributed by atoms with Gasteiger partial charge < -0.3 is 9.94 Å². The Kier molecular flexibility index (Phi) is 4.31. The normalized spacial score (nSPS) is 11.2. The highest BCUT2D eigenvalue weighted by atomic mass is 32.1. The smallest absolute Gasteiger partial charge is 0.261 e. The van der Waals surface area contributed by atoms with E-state index >= 15 is 0 Å². The lowest BCUT2D eigenvalue weighted by molar-refractivity contribution is 0.102. The number of oxime groups is 1. The number of para-hydroxylation sites is 1. The van der Waals surface area contributed by atoms with Gasteiger partial charge in [0, 0.05) is 5.38 Å². The van der Waals surface area contributed by atoms with E-state index in [0.717, 1.165) is 0 Å². The van der Waals surface area contributed by atoms with Crippen molar-refractivity contribution in [3.8, 4) is 5.75 Å². The first-order valence-electron chi connectivity index (χ1n) is 5.74. The minimum Gasteiger partial charge on any atom is -0.496 e. The van der Waals surface area contributed by atoms with Gasteiger partial charge in [0.05, 0.1) is 12.7 Å². The summed E-state index contributed by atoms with van der Waals surface area (Å²) < 4.78 is 5.13. The summed E-state index contributed by atoms with van der Waals surface area (Å²) in [5.41, 5.74) is 1.34. The first kappa shape index (κ1) is 14.0. The maximum absolute atomic E-state index is 12.1. The van der Waals surface area contributed by atoms with Crippen LogP contribution in [-0.2, 0) is 0 Å². The van der Waals surface area contributed by atoms with E-state index in [1.165, 1.54) is 18.4 Å². The molecule has 2 aromatic rings. The molecule has 0 aliphatic rings. The van der Waals surface area contributed by atoms with Gasteiger partial charge in [-0.25, -0.2) is 4.98 Å². The lowest BCUT2D eigenvalue weighted by atomic mass is 10.2. The second kappa shape index (κ2) is 6.16. The standard InChI is InChI=1S/C13H13N3O3S/c1-8(16-18)10-7-20-13(14-10)15-12(17)9-5-3-4-6-11(9)19-2/h3-7,18H,1-2H3,(H,14,15,17). The van der Waals surface area contributed by atoms with Crippen LogP contribution in [0, 0.1) is 0 Å². The predicted octanol–water partition coefficient (Wildman–Crippen LogP) is 2.60. The molecule has 2 rings (SSSR count). The van der Waals surface area contributed by atoms with Crippen molar-refractivity contribution in [3.05, 3.63) is 40.9 Å². The highest BCUT2D eigenvalue weighted by Crippen LogP contribution is 2.21. The molecular weight excluding hydrogens is 278 g/mol. The van der Waals surface area contributed by atoms with E-state index in [0.29, 0.717) is 27.9 Å². The third kappa shape index (κ3) is 2.94. The first-order valence-corrected chi connectivity index (χ1v) is 6.62. The Morgan fingerprint density at radius 3 is 2.90 bits per heavy atom. The van der Waals surface area contributed by atoms with Crippen molar-refractivity contribution in [2.45, 2.75) is 6.92 Å². The molecule has 0 fully saturated rings. The number of hydrogen-bond donors (Lipinski definition) is 2. The van der Waals surface area contributed by atoms with Gasteiger partial charge in [-0.15, -0.1) is 11.3 Å². The van der Waals surface area contributed by atoms with Crippen molar-refractivity contribution < 1.29 is 14.7 Å². The number of methoxy groups -OCH3 is 1. The van der Waals surface area contributed by atoms with Crippen molar-refractivity contribution >= 4 is 28.1 Å². The number of thiazole rings is 1. The van der Waals surface area contributed by atoms with Crippen LogP contribution in [-0.4, -0.2) is 28.9 Å². The summed E-state index contributed by atoms with van der Waals surface area (Å²) >= 11 is 1.25. The van der Waals surface area contributed by atoms with Crippen LogP contribution < -0.4 is 10.1 Å². The van der Waals surface area contributed by atoms with Gasteiger partial charge in [-0.05, 0) is 19.1 Å². The number of anilines is 1. The van der Waals surface area contributed by atoms with Crippen LogP contribution in [0.2, 0.25) is 0 Å². The fourth-order valence-corrected chi connectivity index (χ4v) is 2.29. The topological polar surface area (TPSA) is 83.8 Å². The zero-order chi connectivity index (χ0) is 14.5. The third-order valence-electron chi connectivity index (χ3n) is 2.60. The molecule has 20 heavy (non-hydrogen) atoms. The average Bonchev–Trinajstić information content (AvgIpc) is 2.94. The molecule has 0 aliphatic carbocycles. The van der Waals surface area contributed by atoms with E-state index < -0.39 is 0 Å². The number of carbonyl (C=O) groups is 1. The van der Waals surface area contributed by atoms with Crippen LogP contribution in [0.5, 0.6) is 5.75 Å². The third-order valence-corrected chi connectivity index (χ3v) is 3.35. The van der Waals surface area contributed by atoms with Crippen LogP contribution in [0.1, 0.15) is 23.0 Å². The highest BCUT2D eigenvalue weighted by molar-refractivity contribution is 7.14. The summed E-state index contributed by atoms with van der Waals surface area (Å²) in [6.07, 6.45) is 0. The zero-order valence-electron chi connectivity index (χ0n) is 11.0. The number of carbonyl (C=O) groups excluding carboxylic acids is 1. The second-order valence-electron chi connectivity index (χ2n) is 3.88. The van der Waals surface area contributed by atoms with Crippen molar-refractivity contribution in [2.75, 3.05) is 12.4 Å². The fraction of sp³-hybridized carbons (Fsp3) is 0.154. The van der Waals surface area contributed by atoms with Gasteiger partial charge in [-0.2, -0.15) is 0 Å². The second-order valence-corrected chi connectivity index (χ2v) is 4.74. The number of nitrogens with zero attached hydrogens (tertiary/aromatic N) is 2. The summed E-state index contributed by atoms with van der Waals surface area (Å²) in [5.74, 6) is 0.192. The Balaban J connectivity index is 2.17. The minimum absolute atomic E-state index is 0.304. The van der Waals surface area contributed by atoms with Gasteiger partial charge in [0.25, 0.3) is 5.91 Å². The van der Waals surface area contributed by atoms with Gasteiger partial charge in [-0.3, -0.25) is 10.1 Å². The number of amides is 1. The summed E-state index contributed by atoms with van der Waals surface area (Å²) in [6, 6.07) is 6.93. The molecule has 0 spiro atoms.